The van der Waals surface area contributed by atoms with Gasteiger partial charge in [0.05, 0.1) is 0 Å². The van der Waals surface area contributed by atoms with Crippen LogP contribution < -0.4 is 5.32 Å². The topological polar surface area (TPSA) is 66.4 Å². The minimum Gasteiger partial charge on any atom is -0.478 e. The molecule has 1 aliphatic carbocycles. The molecule has 1 rings (SSSR count). The molecule has 0 aromatic rings. The third-order valence-corrected chi connectivity index (χ3v) is 2.09. The van der Waals surface area contributed by atoms with Crippen molar-refractivity contribution in [3.63, 3.8) is 0 Å². The first-order chi connectivity index (χ1) is 6.09. The molecule has 0 saturated carbocycles. The third-order valence-electron chi connectivity index (χ3n) is 2.09. The van der Waals surface area contributed by atoms with Crippen LogP contribution in [-0.4, -0.2) is 23.0 Å². The lowest BCUT2D eigenvalue weighted by atomic mass is 9.95. The van der Waals surface area contributed by atoms with E-state index in [1.807, 2.05) is 0 Å². The van der Waals surface area contributed by atoms with Crippen molar-refractivity contribution in [3.05, 3.63) is 11.6 Å². The van der Waals surface area contributed by atoms with Crippen LogP contribution in [-0.2, 0) is 9.59 Å². The number of hydrogen-bond donors (Lipinski definition) is 2. The zero-order valence-corrected chi connectivity index (χ0v) is 7.54. The Labute approximate surface area is 76.6 Å². The van der Waals surface area contributed by atoms with Crippen LogP contribution in [0, 0.1) is 0 Å². The van der Waals surface area contributed by atoms with Crippen molar-refractivity contribution in [2.24, 2.45) is 0 Å². The van der Waals surface area contributed by atoms with Gasteiger partial charge in [-0.2, -0.15) is 0 Å². The molecular formula is C9H13NO3. The lowest BCUT2D eigenvalue weighted by Gasteiger charge is -2.20. The van der Waals surface area contributed by atoms with Crippen molar-refractivity contribution in [1.82, 2.24) is 5.32 Å². The van der Waals surface area contributed by atoms with Gasteiger partial charge in [-0.1, -0.05) is 6.08 Å². The fourth-order valence-electron chi connectivity index (χ4n) is 1.45. The summed E-state index contributed by atoms with van der Waals surface area (Å²) in [5.41, 5.74) is 0.460. The SMILES string of the molecule is CC(=O)NC1CC=C(C(=O)O)CC1. The Morgan fingerprint density at radius 3 is 2.69 bits per heavy atom. The van der Waals surface area contributed by atoms with Crippen LogP contribution in [0.5, 0.6) is 0 Å². The number of carboxylic acids is 1. The van der Waals surface area contributed by atoms with Gasteiger partial charge in [-0.05, 0) is 19.3 Å². The van der Waals surface area contributed by atoms with Gasteiger partial charge < -0.3 is 10.4 Å². The molecule has 4 heteroatoms. The number of carbonyl (C=O) groups is 2. The Morgan fingerprint density at radius 2 is 2.31 bits per heavy atom. The summed E-state index contributed by atoms with van der Waals surface area (Å²) in [5.74, 6) is -0.904. The van der Waals surface area contributed by atoms with E-state index in [1.165, 1.54) is 6.92 Å². The fourth-order valence-corrected chi connectivity index (χ4v) is 1.45. The summed E-state index contributed by atoms with van der Waals surface area (Å²) in [6.07, 6.45) is 3.58. The first-order valence-electron chi connectivity index (χ1n) is 4.29. The van der Waals surface area contributed by atoms with Gasteiger partial charge in [-0.25, -0.2) is 4.79 Å². The molecule has 0 heterocycles. The second kappa shape index (κ2) is 4.07. The maximum atomic E-state index is 10.7. The Kier molecular flexibility index (Phi) is 3.06. The lowest BCUT2D eigenvalue weighted by molar-refractivity contribution is -0.132. The number of rotatable bonds is 2. The Hall–Kier alpha value is -1.32. The van der Waals surface area contributed by atoms with E-state index in [0.29, 0.717) is 18.4 Å². The average molecular weight is 183 g/mol. The van der Waals surface area contributed by atoms with Crippen molar-refractivity contribution in [2.75, 3.05) is 0 Å². The molecule has 0 aliphatic heterocycles. The zero-order valence-electron chi connectivity index (χ0n) is 7.54. The van der Waals surface area contributed by atoms with Gasteiger partial charge in [0.25, 0.3) is 0 Å². The monoisotopic (exact) mass is 183 g/mol. The van der Waals surface area contributed by atoms with Gasteiger partial charge in [0.2, 0.25) is 5.91 Å². The standard InChI is InChI=1S/C9H13NO3/c1-6(11)10-8-4-2-7(3-5-8)9(12)13/h2,8H,3-5H2,1H3,(H,10,11)(H,12,13). The van der Waals surface area contributed by atoms with E-state index in [9.17, 15) is 9.59 Å². The quantitative estimate of drug-likeness (QED) is 0.661. The molecule has 0 aromatic heterocycles. The molecule has 0 fully saturated rings. The molecule has 1 aliphatic rings. The molecule has 1 atom stereocenters. The Balaban J connectivity index is 2.46. The minimum absolute atomic E-state index is 0.0582. The highest BCUT2D eigenvalue weighted by atomic mass is 16.4. The summed E-state index contributed by atoms with van der Waals surface area (Å²) in [6, 6.07) is 0.112. The average Bonchev–Trinajstić information content (AvgIpc) is 2.04. The first kappa shape index (κ1) is 9.77. The maximum absolute atomic E-state index is 10.7. The first-order valence-corrected chi connectivity index (χ1v) is 4.29. The Bertz CT molecular complexity index is 258. The van der Waals surface area contributed by atoms with Crippen LogP contribution in [0.1, 0.15) is 26.2 Å². The second-order valence-corrected chi connectivity index (χ2v) is 3.21. The number of aliphatic carboxylic acids is 1. The van der Waals surface area contributed by atoms with E-state index < -0.39 is 5.97 Å². The van der Waals surface area contributed by atoms with Gasteiger partial charge >= 0.3 is 5.97 Å². The van der Waals surface area contributed by atoms with E-state index in [4.69, 9.17) is 5.11 Å². The van der Waals surface area contributed by atoms with Crippen molar-refractivity contribution < 1.29 is 14.7 Å². The molecule has 1 unspecified atom stereocenters. The fraction of sp³-hybridized carbons (Fsp3) is 0.556. The second-order valence-electron chi connectivity index (χ2n) is 3.21. The normalized spacial score (nSPS) is 21.9. The smallest absolute Gasteiger partial charge is 0.331 e. The van der Waals surface area contributed by atoms with E-state index in [1.54, 1.807) is 6.08 Å². The van der Waals surface area contributed by atoms with Gasteiger partial charge in [-0.3, -0.25) is 4.79 Å². The molecule has 13 heavy (non-hydrogen) atoms. The van der Waals surface area contributed by atoms with E-state index in [0.717, 1.165) is 6.42 Å². The number of hydrogen-bond acceptors (Lipinski definition) is 2. The van der Waals surface area contributed by atoms with Gasteiger partial charge in [0.1, 0.15) is 0 Å². The molecular weight excluding hydrogens is 170 g/mol. The van der Waals surface area contributed by atoms with Crippen molar-refractivity contribution >= 4 is 11.9 Å². The Morgan fingerprint density at radius 1 is 1.62 bits per heavy atom. The summed E-state index contributed by atoms with van der Waals surface area (Å²) in [7, 11) is 0. The molecule has 0 aromatic carbocycles. The van der Waals surface area contributed by atoms with E-state index in [-0.39, 0.29) is 11.9 Å². The predicted octanol–water partition coefficient (Wildman–Crippen LogP) is 0.686. The summed E-state index contributed by atoms with van der Waals surface area (Å²) in [4.78, 5) is 21.2. The molecule has 0 saturated heterocycles. The summed E-state index contributed by atoms with van der Waals surface area (Å²) in [6.45, 7) is 1.47. The molecule has 4 nitrogen and oxygen atoms in total. The van der Waals surface area contributed by atoms with Crippen LogP contribution in [0.4, 0.5) is 0 Å². The molecule has 2 N–H and O–H groups in total. The lowest BCUT2D eigenvalue weighted by Crippen LogP contribution is -2.34. The van der Waals surface area contributed by atoms with Crippen LogP contribution >= 0.6 is 0 Å². The van der Waals surface area contributed by atoms with Gasteiger partial charge in [0, 0.05) is 18.5 Å². The molecule has 72 valence electrons. The molecule has 0 spiro atoms. The molecule has 0 radical (unpaired) electrons. The highest BCUT2D eigenvalue weighted by Gasteiger charge is 2.18. The van der Waals surface area contributed by atoms with Crippen LogP contribution in [0.25, 0.3) is 0 Å². The molecule has 0 bridgehead atoms. The van der Waals surface area contributed by atoms with E-state index >= 15 is 0 Å². The molecule has 1 amide bonds. The minimum atomic E-state index is -0.846. The number of carboxylic acid groups (broad SMARTS) is 1. The van der Waals surface area contributed by atoms with Crippen LogP contribution in [0.2, 0.25) is 0 Å². The van der Waals surface area contributed by atoms with Gasteiger partial charge in [0.15, 0.2) is 0 Å². The van der Waals surface area contributed by atoms with Crippen molar-refractivity contribution in [1.29, 1.82) is 0 Å². The predicted molar refractivity (Wildman–Crippen MR) is 47.2 cm³/mol. The van der Waals surface area contributed by atoms with Crippen molar-refractivity contribution in [2.45, 2.75) is 32.2 Å². The largest absolute Gasteiger partial charge is 0.478 e. The summed E-state index contributed by atoms with van der Waals surface area (Å²) < 4.78 is 0. The van der Waals surface area contributed by atoms with Crippen LogP contribution in [0.15, 0.2) is 11.6 Å². The third kappa shape index (κ3) is 2.89. The number of amides is 1. The van der Waals surface area contributed by atoms with Crippen molar-refractivity contribution in [3.8, 4) is 0 Å². The number of carbonyl (C=O) groups excluding carboxylic acids is 1. The number of nitrogens with one attached hydrogen (secondary N) is 1. The maximum Gasteiger partial charge on any atom is 0.331 e. The highest BCUT2D eigenvalue weighted by Crippen LogP contribution is 2.17. The van der Waals surface area contributed by atoms with E-state index in [2.05, 4.69) is 5.32 Å². The van der Waals surface area contributed by atoms with Crippen LogP contribution in [0.3, 0.4) is 0 Å². The zero-order chi connectivity index (χ0) is 9.84. The van der Waals surface area contributed by atoms with Gasteiger partial charge in [-0.15, -0.1) is 0 Å². The highest BCUT2D eigenvalue weighted by molar-refractivity contribution is 5.86. The summed E-state index contributed by atoms with van der Waals surface area (Å²) in [5, 5.41) is 11.4. The summed E-state index contributed by atoms with van der Waals surface area (Å²) >= 11 is 0.